The van der Waals surface area contributed by atoms with Gasteiger partial charge in [0.2, 0.25) is 0 Å². The van der Waals surface area contributed by atoms with E-state index >= 15 is 0 Å². The molecule has 1 saturated carbocycles. The van der Waals surface area contributed by atoms with Crippen molar-refractivity contribution in [3.8, 4) is 0 Å². The fourth-order valence-corrected chi connectivity index (χ4v) is 2.64. The highest BCUT2D eigenvalue weighted by atomic mass is 16.5. The first-order valence-corrected chi connectivity index (χ1v) is 7.14. The fourth-order valence-electron chi connectivity index (χ4n) is 2.64. The summed E-state index contributed by atoms with van der Waals surface area (Å²) < 4.78 is 5.42. The van der Waals surface area contributed by atoms with Gasteiger partial charge in [-0.2, -0.15) is 0 Å². The van der Waals surface area contributed by atoms with E-state index in [4.69, 9.17) is 4.74 Å². The highest BCUT2D eigenvalue weighted by Crippen LogP contribution is 2.33. The second-order valence-electron chi connectivity index (χ2n) is 6.37. The van der Waals surface area contributed by atoms with Gasteiger partial charge in [0.1, 0.15) is 0 Å². The Morgan fingerprint density at radius 1 is 1.29 bits per heavy atom. The number of morpholine rings is 1. The summed E-state index contributed by atoms with van der Waals surface area (Å²) in [6, 6.07) is 0.669. The van der Waals surface area contributed by atoms with E-state index in [2.05, 4.69) is 31.0 Å². The van der Waals surface area contributed by atoms with Crippen molar-refractivity contribution in [1.82, 2.24) is 10.2 Å². The minimum atomic E-state index is 0.252. The van der Waals surface area contributed by atoms with Crippen LogP contribution in [-0.2, 0) is 4.74 Å². The third kappa shape index (κ3) is 4.23. The van der Waals surface area contributed by atoms with Gasteiger partial charge in [-0.05, 0) is 33.1 Å². The number of hydrogen-bond acceptors (Lipinski definition) is 3. The van der Waals surface area contributed by atoms with Crippen LogP contribution in [-0.4, -0.2) is 49.3 Å². The number of nitrogens with zero attached hydrogens (tertiary/aromatic N) is 1. The third-order valence-corrected chi connectivity index (χ3v) is 4.13. The van der Waals surface area contributed by atoms with Crippen LogP contribution < -0.4 is 5.32 Å². The standard InChI is InChI=1S/C14H28N2O/c1-12(10-13-4-5-13)15-11-14(2,3)16-6-8-17-9-7-16/h12-13,15H,4-11H2,1-3H3. The van der Waals surface area contributed by atoms with E-state index in [-0.39, 0.29) is 5.54 Å². The van der Waals surface area contributed by atoms with E-state index in [0.29, 0.717) is 6.04 Å². The van der Waals surface area contributed by atoms with Crippen molar-refractivity contribution < 1.29 is 4.74 Å². The van der Waals surface area contributed by atoms with Gasteiger partial charge in [-0.1, -0.05) is 12.8 Å². The van der Waals surface area contributed by atoms with E-state index in [1.54, 1.807) is 0 Å². The third-order valence-electron chi connectivity index (χ3n) is 4.13. The second-order valence-corrected chi connectivity index (χ2v) is 6.37. The first-order chi connectivity index (χ1) is 8.08. The highest BCUT2D eigenvalue weighted by molar-refractivity contribution is 4.87. The summed E-state index contributed by atoms with van der Waals surface area (Å²) in [7, 11) is 0. The lowest BCUT2D eigenvalue weighted by Gasteiger charge is -2.41. The van der Waals surface area contributed by atoms with Gasteiger partial charge in [-0.25, -0.2) is 0 Å². The molecule has 1 heterocycles. The summed E-state index contributed by atoms with van der Waals surface area (Å²) in [5.41, 5.74) is 0.252. The molecule has 0 spiro atoms. The topological polar surface area (TPSA) is 24.5 Å². The molecule has 1 atom stereocenters. The van der Waals surface area contributed by atoms with Crippen LogP contribution in [0.15, 0.2) is 0 Å². The first kappa shape index (κ1) is 13.3. The molecule has 0 radical (unpaired) electrons. The summed E-state index contributed by atoms with van der Waals surface area (Å²) in [4.78, 5) is 2.55. The Bertz CT molecular complexity index is 232. The van der Waals surface area contributed by atoms with Crippen LogP contribution >= 0.6 is 0 Å². The van der Waals surface area contributed by atoms with Gasteiger partial charge >= 0.3 is 0 Å². The molecular formula is C14H28N2O. The van der Waals surface area contributed by atoms with Crippen LogP contribution in [0.3, 0.4) is 0 Å². The largest absolute Gasteiger partial charge is 0.379 e. The Labute approximate surface area is 106 Å². The monoisotopic (exact) mass is 240 g/mol. The zero-order chi connectivity index (χ0) is 12.3. The number of rotatable bonds is 6. The summed E-state index contributed by atoms with van der Waals surface area (Å²) in [6.45, 7) is 12.0. The maximum absolute atomic E-state index is 5.42. The molecule has 2 aliphatic rings. The van der Waals surface area contributed by atoms with E-state index < -0.39 is 0 Å². The first-order valence-electron chi connectivity index (χ1n) is 7.14. The lowest BCUT2D eigenvalue weighted by Crippen LogP contribution is -2.55. The van der Waals surface area contributed by atoms with Gasteiger partial charge in [0.25, 0.3) is 0 Å². The van der Waals surface area contributed by atoms with E-state index in [1.165, 1.54) is 19.3 Å². The van der Waals surface area contributed by atoms with Crippen LogP contribution in [0.5, 0.6) is 0 Å². The molecule has 3 nitrogen and oxygen atoms in total. The molecule has 1 aliphatic carbocycles. The molecule has 1 unspecified atom stereocenters. The van der Waals surface area contributed by atoms with Crippen molar-refractivity contribution in [3.63, 3.8) is 0 Å². The van der Waals surface area contributed by atoms with Crippen molar-refractivity contribution in [3.05, 3.63) is 0 Å². The predicted molar refractivity (Wildman–Crippen MR) is 71.3 cm³/mol. The Balaban J connectivity index is 1.70. The van der Waals surface area contributed by atoms with Gasteiger partial charge in [0.15, 0.2) is 0 Å². The summed E-state index contributed by atoms with van der Waals surface area (Å²) in [5.74, 6) is 1.02. The predicted octanol–water partition coefficient (Wildman–Crippen LogP) is 1.88. The molecular weight excluding hydrogens is 212 g/mol. The molecule has 1 aliphatic heterocycles. The van der Waals surface area contributed by atoms with Crippen molar-refractivity contribution >= 4 is 0 Å². The van der Waals surface area contributed by atoms with Crippen LogP contribution in [0.2, 0.25) is 0 Å². The van der Waals surface area contributed by atoms with Gasteiger partial charge in [-0.3, -0.25) is 4.90 Å². The Kier molecular flexibility index (Phi) is 4.45. The molecule has 0 aromatic carbocycles. The number of hydrogen-bond donors (Lipinski definition) is 1. The van der Waals surface area contributed by atoms with Crippen molar-refractivity contribution in [1.29, 1.82) is 0 Å². The lowest BCUT2D eigenvalue weighted by atomic mass is 10.0. The summed E-state index contributed by atoms with van der Waals surface area (Å²) in [5, 5.41) is 3.71. The fraction of sp³-hybridized carbons (Fsp3) is 1.00. The Morgan fingerprint density at radius 2 is 1.94 bits per heavy atom. The average molecular weight is 240 g/mol. The quantitative estimate of drug-likeness (QED) is 0.767. The maximum Gasteiger partial charge on any atom is 0.0594 e. The molecule has 2 fully saturated rings. The zero-order valence-corrected chi connectivity index (χ0v) is 11.7. The minimum Gasteiger partial charge on any atom is -0.379 e. The molecule has 100 valence electrons. The van der Waals surface area contributed by atoms with Crippen molar-refractivity contribution in [2.24, 2.45) is 5.92 Å². The normalized spacial score (nSPS) is 24.9. The Morgan fingerprint density at radius 3 is 2.53 bits per heavy atom. The SMILES string of the molecule is CC(CC1CC1)NCC(C)(C)N1CCOCC1. The van der Waals surface area contributed by atoms with Gasteiger partial charge in [0, 0.05) is 31.2 Å². The summed E-state index contributed by atoms with van der Waals surface area (Å²) >= 11 is 0. The Hall–Kier alpha value is -0.120. The second kappa shape index (κ2) is 5.68. The van der Waals surface area contributed by atoms with Crippen molar-refractivity contribution in [2.75, 3.05) is 32.8 Å². The number of ether oxygens (including phenoxy) is 1. The maximum atomic E-state index is 5.42. The zero-order valence-electron chi connectivity index (χ0n) is 11.7. The molecule has 0 aromatic rings. The van der Waals surface area contributed by atoms with Gasteiger partial charge < -0.3 is 10.1 Å². The number of nitrogens with one attached hydrogen (secondary N) is 1. The summed E-state index contributed by atoms with van der Waals surface area (Å²) in [6.07, 6.45) is 4.27. The van der Waals surface area contributed by atoms with Crippen molar-refractivity contribution in [2.45, 2.75) is 51.6 Å². The molecule has 3 heteroatoms. The minimum absolute atomic E-state index is 0.252. The molecule has 0 aromatic heterocycles. The van der Waals surface area contributed by atoms with E-state index in [9.17, 15) is 0 Å². The van der Waals surface area contributed by atoms with Gasteiger partial charge in [0.05, 0.1) is 13.2 Å². The molecule has 1 N–H and O–H groups in total. The van der Waals surface area contributed by atoms with Crippen LogP contribution in [0.4, 0.5) is 0 Å². The smallest absolute Gasteiger partial charge is 0.0594 e. The van der Waals surface area contributed by atoms with Crippen LogP contribution in [0, 0.1) is 5.92 Å². The molecule has 2 rings (SSSR count). The lowest BCUT2D eigenvalue weighted by molar-refractivity contribution is -0.0103. The van der Waals surface area contributed by atoms with Crippen LogP contribution in [0.1, 0.15) is 40.0 Å². The van der Waals surface area contributed by atoms with Gasteiger partial charge in [-0.15, -0.1) is 0 Å². The van der Waals surface area contributed by atoms with Crippen LogP contribution in [0.25, 0.3) is 0 Å². The molecule has 17 heavy (non-hydrogen) atoms. The molecule has 1 saturated heterocycles. The van der Waals surface area contributed by atoms with E-state index in [1.807, 2.05) is 0 Å². The average Bonchev–Trinajstić information content (AvgIpc) is 3.12. The molecule has 0 bridgehead atoms. The van der Waals surface area contributed by atoms with E-state index in [0.717, 1.165) is 38.8 Å². The highest BCUT2D eigenvalue weighted by Gasteiger charge is 2.29. The molecule has 0 amide bonds.